The number of phosphoric acid groups is 1. The fourth-order valence-corrected chi connectivity index (χ4v) is 3.47. The number of hydrogen-bond acceptors (Lipinski definition) is 5. The Morgan fingerprint density at radius 3 is 2.15 bits per heavy atom. The molecule has 0 heterocycles. The summed E-state index contributed by atoms with van der Waals surface area (Å²) in [4.78, 5) is 0. The number of ether oxygens (including phenoxy) is 1. The summed E-state index contributed by atoms with van der Waals surface area (Å²) in [7, 11) is -3.50. The van der Waals surface area contributed by atoms with Crippen molar-refractivity contribution in [3.05, 3.63) is 47.5 Å². The Bertz CT molecular complexity index is 561. The molecule has 1 aromatic carbocycles. The second-order valence-electron chi connectivity index (χ2n) is 6.24. The second-order valence-corrected chi connectivity index (χ2v) is 7.91. The third kappa shape index (κ3) is 8.61. The molecule has 0 spiro atoms. The van der Waals surface area contributed by atoms with Crippen LogP contribution in [0.3, 0.4) is 0 Å². The standard InChI is InChI=1S/C20H33O5P/c1-6-18(16-25-26(21,23-7-2)24-8-3)14-20(17(4)5)22-15-19-12-10-9-11-13-19/h9-14,17,20H,6-8,15-16H2,1-5H3/b18-14+. The maximum absolute atomic E-state index is 12.4. The predicted molar refractivity (Wildman–Crippen MR) is 105 cm³/mol. The van der Waals surface area contributed by atoms with Crippen molar-refractivity contribution in [1.82, 2.24) is 0 Å². The van der Waals surface area contributed by atoms with Gasteiger partial charge in [0, 0.05) is 0 Å². The topological polar surface area (TPSA) is 54.0 Å². The summed E-state index contributed by atoms with van der Waals surface area (Å²) in [5.41, 5.74) is 2.15. The first-order valence-electron chi connectivity index (χ1n) is 9.32. The minimum absolute atomic E-state index is 0.0488. The summed E-state index contributed by atoms with van der Waals surface area (Å²) in [6.07, 6.45) is 2.79. The van der Waals surface area contributed by atoms with Crippen molar-refractivity contribution in [2.45, 2.75) is 53.8 Å². The smallest absolute Gasteiger partial charge is 0.369 e. The van der Waals surface area contributed by atoms with Crippen molar-refractivity contribution in [2.24, 2.45) is 5.92 Å². The molecule has 0 N–H and O–H groups in total. The molecule has 0 amide bonds. The van der Waals surface area contributed by atoms with E-state index in [2.05, 4.69) is 19.9 Å². The van der Waals surface area contributed by atoms with Crippen molar-refractivity contribution < 1.29 is 22.9 Å². The summed E-state index contributed by atoms with van der Waals surface area (Å²) < 4.78 is 34.4. The van der Waals surface area contributed by atoms with Gasteiger partial charge in [0.1, 0.15) is 0 Å². The lowest BCUT2D eigenvalue weighted by atomic mass is 10.0. The van der Waals surface area contributed by atoms with E-state index in [1.54, 1.807) is 13.8 Å². The normalized spacial score (nSPS) is 14.0. The fourth-order valence-electron chi connectivity index (χ4n) is 2.29. The SMILES string of the molecule is CCOP(=O)(OCC)OC/C(=C/C(OCc1ccccc1)C(C)C)CC. The van der Waals surface area contributed by atoms with Gasteiger partial charge in [-0.3, -0.25) is 13.6 Å². The van der Waals surface area contributed by atoms with Crippen LogP contribution in [0.1, 0.15) is 46.6 Å². The molecular formula is C20H33O5P. The molecule has 0 aliphatic carbocycles. The molecule has 0 aliphatic rings. The summed E-state index contributed by atoms with van der Waals surface area (Å²) in [5, 5.41) is 0. The highest BCUT2D eigenvalue weighted by atomic mass is 31.2. The van der Waals surface area contributed by atoms with E-state index in [0.717, 1.165) is 17.6 Å². The van der Waals surface area contributed by atoms with Gasteiger partial charge >= 0.3 is 7.82 Å². The van der Waals surface area contributed by atoms with Crippen molar-refractivity contribution in [3.8, 4) is 0 Å². The van der Waals surface area contributed by atoms with Crippen LogP contribution in [-0.4, -0.2) is 25.9 Å². The van der Waals surface area contributed by atoms with E-state index in [9.17, 15) is 4.57 Å². The minimum atomic E-state index is -3.50. The van der Waals surface area contributed by atoms with Crippen molar-refractivity contribution >= 4 is 7.82 Å². The zero-order valence-corrected chi connectivity index (χ0v) is 17.5. The molecule has 26 heavy (non-hydrogen) atoms. The first kappa shape index (κ1) is 23.1. The molecule has 0 aromatic heterocycles. The van der Waals surface area contributed by atoms with Gasteiger partial charge in [-0.05, 0) is 37.3 Å². The van der Waals surface area contributed by atoms with Gasteiger partial charge in [-0.25, -0.2) is 4.57 Å². The quantitative estimate of drug-likeness (QED) is 0.320. The molecule has 0 saturated heterocycles. The lowest BCUT2D eigenvalue weighted by molar-refractivity contribution is 0.0417. The van der Waals surface area contributed by atoms with E-state index in [4.69, 9.17) is 18.3 Å². The Kier molecular flexibility index (Phi) is 11.0. The van der Waals surface area contributed by atoms with Crippen LogP contribution in [0.4, 0.5) is 0 Å². The van der Waals surface area contributed by atoms with Gasteiger partial charge in [0.2, 0.25) is 0 Å². The largest absolute Gasteiger partial charge is 0.475 e. The molecule has 1 aromatic rings. The Balaban J connectivity index is 2.73. The van der Waals surface area contributed by atoms with Gasteiger partial charge < -0.3 is 4.74 Å². The van der Waals surface area contributed by atoms with E-state index in [0.29, 0.717) is 12.5 Å². The van der Waals surface area contributed by atoms with Gasteiger partial charge in [0.25, 0.3) is 0 Å². The van der Waals surface area contributed by atoms with Crippen LogP contribution in [-0.2, 0) is 29.5 Å². The third-order valence-electron chi connectivity index (χ3n) is 3.78. The van der Waals surface area contributed by atoms with Crippen LogP contribution in [0.25, 0.3) is 0 Å². The van der Waals surface area contributed by atoms with Crippen LogP contribution in [0.5, 0.6) is 0 Å². The average molecular weight is 384 g/mol. The Morgan fingerprint density at radius 2 is 1.65 bits per heavy atom. The maximum Gasteiger partial charge on any atom is 0.475 e. The molecule has 1 atom stereocenters. The molecule has 0 aliphatic heterocycles. The first-order valence-corrected chi connectivity index (χ1v) is 10.8. The van der Waals surface area contributed by atoms with Gasteiger partial charge in [0.15, 0.2) is 0 Å². The van der Waals surface area contributed by atoms with Gasteiger partial charge in [-0.2, -0.15) is 0 Å². The highest BCUT2D eigenvalue weighted by Gasteiger charge is 2.25. The number of phosphoric ester groups is 1. The van der Waals surface area contributed by atoms with E-state index < -0.39 is 7.82 Å². The fraction of sp³-hybridized carbons (Fsp3) is 0.600. The summed E-state index contributed by atoms with van der Waals surface area (Å²) in [5.74, 6) is 0.311. The van der Waals surface area contributed by atoms with E-state index >= 15 is 0 Å². The summed E-state index contributed by atoms with van der Waals surface area (Å²) >= 11 is 0. The Labute approximate surface area is 158 Å². The number of hydrogen-bond donors (Lipinski definition) is 0. The first-order chi connectivity index (χ1) is 12.4. The van der Waals surface area contributed by atoms with Crippen LogP contribution in [0.2, 0.25) is 0 Å². The van der Waals surface area contributed by atoms with E-state index in [1.165, 1.54) is 0 Å². The maximum atomic E-state index is 12.4. The average Bonchev–Trinajstić information content (AvgIpc) is 2.62. The lowest BCUT2D eigenvalue weighted by Gasteiger charge is -2.21. The highest BCUT2D eigenvalue weighted by Crippen LogP contribution is 2.49. The monoisotopic (exact) mass is 384 g/mol. The third-order valence-corrected chi connectivity index (χ3v) is 5.37. The molecule has 0 fully saturated rings. The molecule has 0 saturated carbocycles. The Hall–Kier alpha value is -0.970. The zero-order chi connectivity index (χ0) is 19.4. The van der Waals surface area contributed by atoms with E-state index in [-0.39, 0.29) is 25.9 Å². The minimum Gasteiger partial charge on any atom is -0.369 e. The molecule has 0 bridgehead atoms. The predicted octanol–water partition coefficient (Wildman–Crippen LogP) is 5.76. The van der Waals surface area contributed by atoms with Crippen LogP contribution < -0.4 is 0 Å². The zero-order valence-electron chi connectivity index (χ0n) is 16.6. The Morgan fingerprint density at radius 1 is 1.04 bits per heavy atom. The lowest BCUT2D eigenvalue weighted by Crippen LogP contribution is -2.18. The van der Waals surface area contributed by atoms with Crippen molar-refractivity contribution in [3.63, 3.8) is 0 Å². The number of benzene rings is 1. The summed E-state index contributed by atoms with van der Waals surface area (Å²) in [6, 6.07) is 10.1. The second kappa shape index (κ2) is 12.4. The van der Waals surface area contributed by atoms with Crippen LogP contribution in [0, 0.1) is 5.92 Å². The van der Waals surface area contributed by atoms with Gasteiger partial charge in [0.05, 0.1) is 32.5 Å². The van der Waals surface area contributed by atoms with Crippen LogP contribution in [0.15, 0.2) is 42.0 Å². The molecule has 1 rings (SSSR count). The molecule has 148 valence electrons. The molecule has 6 heteroatoms. The van der Waals surface area contributed by atoms with E-state index in [1.807, 2.05) is 37.3 Å². The molecule has 1 unspecified atom stereocenters. The number of rotatable bonds is 13. The molecular weight excluding hydrogens is 351 g/mol. The highest BCUT2D eigenvalue weighted by molar-refractivity contribution is 7.48. The van der Waals surface area contributed by atoms with Crippen molar-refractivity contribution in [2.75, 3.05) is 19.8 Å². The van der Waals surface area contributed by atoms with Crippen LogP contribution >= 0.6 is 7.82 Å². The summed E-state index contributed by atoms with van der Waals surface area (Å²) in [6.45, 7) is 11.1. The molecule has 0 radical (unpaired) electrons. The van der Waals surface area contributed by atoms with Crippen molar-refractivity contribution in [1.29, 1.82) is 0 Å². The molecule has 5 nitrogen and oxygen atoms in total. The van der Waals surface area contributed by atoms with Gasteiger partial charge in [-0.15, -0.1) is 0 Å². The van der Waals surface area contributed by atoms with Gasteiger partial charge in [-0.1, -0.05) is 57.2 Å².